The van der Waals surface area contributed by atoms with Crippen molar-refractivity contribution < 1.29 is 14.3 Å². The summed E-state index contributed by atoms with van der Waals surface area (Å²) in [4.78, 5) is 18.6. The van der Waals surface area contributed by atoms with Crippen molar-refractivity contribution in [3.8, 4) is 0 Å². The molecule has 1 aromatic heterocycles. The molecule has 1 fully saturated rings. The fourth-order valence-electron chi connectivity index (χ4n) is 2.90. The number of aliphatic imine (C=N–C) groups is 1. The standard InChI is InChI=1S/C18H28N4O3/c1-2-3-4-5-6-17(23)24-11-13-7-10-16(25-13)14-8-9-15(22-14)18(20)21-12-19/h8-9,12-13,16,22H,2-7,10-11H2,1H3,(H3,19,20,21). The molecule has 4 N–H and O–H groups in total. The summed E-state index contributed by atoms with van der Waals surface area (Å²) in [6.07, 6.45) is 7.28. The number of esters is 1. The Hall–Kier alpha value is -2.15. The van der Waals surface area contributed by atoms with Crippen LogP contribution in [0, 0.1) is 5.41 Å². The molecule has 7 heteroatoms. The van der Waals surface area contributed by atoms with E-state index in [4.69, 9.17) is 20.6 Å². The summed E-state index contributed by atoms with van der Waals surface area (Å²) in [6.45, 7) is 2.46. The van der Waals surface area contributed by atoms with Crippen LogP contribution in [0.4, 0.5) is 0 Å². The first-order chi connectivity index (χ1) is 12.1. The molecule has 1 aromatic rings. The van der Waals surface area contributed by atoms with Gasteiger partial charge < -0.3 is 20.2 Å². The molecule has 1 saturated heterocycles. The van der Waals surface area contributed by atoms with Crippen LogP contribution in [0.5, 0.6) is 0 Å². The first-order valence-corrected chi connectivity index (χ1v) is 8.96. The number of nitrogens with two attached hydrogens (primary N) is 1. The minimum atomic E-state index is -0.138. The summed E-state index contributed by atoms with van der Waals surface area (Å²) in [5, 5.41) is 6.95. The number of unbranched alkanes of at least 4 members (excludes halogenated alkanes) is 3. The molecule has 0 amide bonds. The van der Waals surface area contributed by atoms with E-state index in [9.17, 15) is 4.79 Å². The molecule has 1 aliphatic heterocycles. The second-order valence-electron chi connectivity index (χ2n) is 6.29. The SMILES string of the molecule is CCCCCCC(=O)OCC1CCC(c2ccc(C(N)=NC=N)[nH]2)O1. The van der Waals surface area contributed by atoms with Gasteiger partial charge in [-0.05, 0) is 31.4 Å². The second kappa shape index (κ2) is 9.98. The van der Waals surface area contributed by atoms with Gasteiger partial charge in [-0.25, -0.2) is 4.99 Å². The molecular weight excluding hydrogens is 320 g/mol. The highest BCUT2D eigenvalue weighted by molar-refractivity contribution is 5.99. The third kappa shape index (κ3) is 6.01. The Morgan fingerprint density at radius 1 is 1.44 bits per heavy atom. The van der Waals surface area contributed by atoms with Crippen LogP contribution < -0.4 is 5.73 Å². The Bertz CT molecular complexity index is 597. The first kappa shape index (κ1) is 19.2. The minimum absolute atomic E-state index is 0.0604. The van der Waals surface area contributed by atoms with Gasteiger partial charge in [0.15, 0.2) is 0 Å². The number of amidine groups is 1. The van der Waals surface area contributed by atoms with Crippen LogP contribution in [0.2, 0.25) is 0 Å². The highest BCUT2D eigenvalue weighted by Gasteiger charge is 2.28. The maximum absolute atomic E-state index is 11.7. The number of nitrogens with zero attached hydrogens (tertiary/aromatic N) is 1. The maximum Gasteiger partial charge on any atom is 0.305 e. The highest BCUT2D eigenvalue weighted by atomic mass is 16.6. The summed E-state index contributed by atoms with van der Waals surface area (Å²) in [5.74, 6) is 0.133. The van der Waals surface area contributed by atoms with Crippen molar-refractivity contribution in [2.45, 2.75) is 64.1 Å². The van der Waals surface area contributed by atoms with E-state index in [1.165, 1.54) is 0 Å². The molecule has 2 rings (SSSR count). The number of aromatic nitrogens is 1. The average molecular weight is 348 g/mol. The molecule has 0 aliphatic carbocycles. The van der Waals surface area contributed by atoms with Crippen LogP contribution in [0.25, 0.3) is 0 Å². The Labute approximate surface area is 148 Å². The van der Waals surface area contributed by atoms with E-state index in [1.807, 2.05) is 12.1 Å². The lowest BCUT2D eigenvalue weighted by Crippen LogP contribution is -2.18. The van der Waals surface area contributed by atoms with Crippen LogP contribution in [-0.2, 0) is 14.3 Å². The number of hydrogen-bond donors (Lipinski definition) is 3. The van der Waals surface area contributed by atoms with Crippen molar-refractivity contribution >= 4 is 18.1 Å². The summed E-state index contributed by atoms with van der Waals surface area (Å²) < 4.78 is 11.3. The molecule has 0 aromatic carbocycles. The summed E-state index contributed by atoms with van der Waals surface area (Å²) in [6, 6.07) is 3.74. The number of carbonyl (C=O) groups excluding carboxylic acids is 1. The molecule has 0 bridgehead atoms. The Morgan fingerprint density at radius 2 is 2.28 bits per heavy atom. The molecule has 7 nitrogen and oxygen atoms in total. The molecule has 25 heavy (non-hydrogen) atoms. The number of aromatic amines is 1. The Morgan fingerprint density at radius 3 is 3.04 bits per heavy atom. The van der Waals surface area contributed by atoms with Gasteiger partial charge in [0.05, 0.1) is 17.9 Å². The van der Waals surface area contributed by atoms with Gasteiger partial charge >= 0.3 is 5.97 Å². The van der Waals surface area contributed by atoms with E-state index in [0.29, 0.717) is 18.7 Å². The Balaban J connectivity index is 1.73. The van der Waals surface area contributed by atoms with Gasteiger partial charge in [-0.1, -0.05) is 26.2 Å². The van der Waals surface area contributed by atoms with E-state index in [2.05, 4.69) is 16.9 Å². The number of nitrogens with one attached hydrogen (secondary N) is 2. The molecule has 0 spiro atoms. The number of H-pyrrole nitrogens is 1. The van der Waals surface area contributed by atoms with Crippen molar-refractivity contribution in [1.29, 1.82) is 5.41 Å². The molecule has 2 heterocycles. The quantitative estimate of drug-likeness (QED) is 0.261. The van der Waals surface area contributed by atoms with Gasteiger partial charge in [0, 0.05) is 12.1 Å². The predicted molar refractivity (Wildman–Crippen MR) is 96.9 cm³/mol. The van der Waals surface area contributed by atoms with E-state index in [-0.39, 0.29) is 24.0 Å². The first-order valence-electron chi connectivity index (χ1n) is 8.96. The van der Waals surface area contributed by atoms with Crippen LogP contribution in [0.3, 0.4) is 0 Å². The van der Waals surface area contributed by atoms with Gasteiger partial charge in [-0.3, -0.25) is 10.2 Å². The van der Waals surface area contributed by atoms with Crippen LogP contribution in [0.1, 0.15) is 69.4 Å². The topological polar surface area (TPSA) is 114 Å². The number of rotatable bonds is 10. The fraction of sp³-hybridized carbons (Fsp3) is 0.611. The van der Waals surface area contributed by atoms with Gasteiger partial charge in [0.1, 0.15) is 18.8 Å². The zero-order valence-corrected chi connectivity index (χ0v) is 14.8. The summed E-state index contributed by atoms with van der Waals surface area (Å²) in [5.41, 5.74) is 7.35. The number of hydrogen-bond acceptors (Lipinski definition) is 4. The molecule has 0 saturated carbocycles. The minimum Gasteiger partial charge on any atom is -0.463 e. The Kier molecular flexibility index (Phi) is 7.66. The zero-order valence-electron chi connectivity index (χ0n) is 14.8. The van der Waals surface area contributed by atoms with E-state index in [1.54, 1.807) is 0 Å². The van der Waals surface area contributed by atoms with Gasteiger partial charge in [0.25, 0.3) is 0 Å². The normalized spacial score (nSPS) is 20.6. The third-order valence-corrected chi connectivity index (χ3v) is 4.31. The summed E-state index contributed by atoms with van der Waals surface area (Å²) in [7, 11) is 0. The fourth-order valence-corrected chi connectivity index (χ4v) is 2.90. The predicted octanol–water partition coefficient (Wildman–Crippen LogP) is 3.06. The monoisotopic (exact) mass is 348 g/mol. The second-order valence-corrected chi connectivity index (χ2v) is 6.29. The van der Waals surface area contributed by atoms with E-state index in [0.717, 1.165) is 50.6 Å². The largest absolute Gasteiger partial charge is 0.463 e. The summed E-state index contributed by atoms with van der Waals surface area (Å²) >= 11 is 0. The molecule has 138 valence electrons. The lowest BCUT2D eigenvalue weighted by atomic mass is 10.1. The number of carbonyl (C=O) groups is 1. The highest BCUT2D eigenvalue weighted by Crippen LogP contribution is 2.32. The zero-order chi connectivity index (χ0) is 18.1. The van der Waals surface area contributed by atoms with Crippen LogP contribution in [-0.4, -0.2) is 35.8 Å². The average Bonchev–Trinajstić information content (AvgIpc) is 3.26. The van der Waals surface area contributed by atoms with Gasteiger partial charge in [-0.15, -0.1) is 0 Å². The van der Waals surface area contributed by atoms with Crippen molar-refractivity contribution in [2.24, 2.45) is 10.7 Å². The molecular formula is C18H28N4O3. The lowest BCUT2D eigenvalue weighted by Gasteiger charge is -2.13. The molecule has 0 radical (unpaired) electrons. The van der Waals surface area contributed by atoms with Crippen molar-refractivity contribution in [3.05, 3.63) is 23.5 Å². The van der Waals surface area contributed by atoms with Gasteiger partial charge in [-0.2, -0.15) is 0 Å². The van der Waals surface area contributed by atoms with Crippen LogP contribution >= 0.6 is 0 Å². The van der Waals surface area contributed by atoms with E-state index < -0.39 is 0 Å². The van der Waals surface area contributed by atoms with Crippen LogP contribution in [0.15, 0.2) is 17.1 Å². The van der Waals surface area contributed by atoms with Gasteiger partial charge in [0.2, 0.25) is 0 Å². The third-order valence-electron chi connectivity index (χ3n) is 4.31. The van der Waals surface area contributed by atoms with Crippen molar-refractivity contribution in [3.63, 3.8) is 0 Å². The number of ether oxygens (including phenoxy) is 2. The van der Waals surface area contributed by atoms with E-state index >= 15 is 0 Å². The molecule has 2 atom stereocenters. The lowest BCUT2D eigenvalue weighted by molar-refractivity contribution is -0.147. The maximum atomic E-state index is 11.7. The van der Waals surface area contributed by atoms with Crippen molar-refractivity contribution in [2.75, 3.05) is 6.61 Å². The smallest absolute Gasteiger partial charge is 0.305 e. The molecule has 1 aliphatic rings. The molecule has 2 unspecified atom stereocenters. The van der Waals surface area contributed by atoms with Crippen molar-refractivity contribution in [1.82, 2.24) is 4.98 Å².